The molecule has 0 fully saturated rings. The predicted octanol–water partition coefficient (Wildman–Crippen LogP) is 0.910. The lowest BCUT2D eigenvalue weighted by Crippen LogP contribution is -2.32. The van der Waals surface area contributed by atoms with Gasteiger partial charge >= 0.3 is 0 Å². The maximum Gasteiger partial charge on any atom is 0.149 e. The zero-order valence-corrected chi connectivity index (χ0v) is 10.2. The summed E-state index contributed by atoms with van der Waals surface area (Å²) in [6, 6.07) is 0.315. The third-order valence-electron chi connectivity index (χ3n) is 3.21. The molecule has 2 heterocycles. The molecule has 0 aliphatic carbocycles. The standard InChI is InChI=1S/C11H20N4O/c1-8(16-3)4-5-10-13-14-11-9(2)12-6-7-15(10)11/h8-9,12H,4-7H2,1-3H3. The maximum atomic E-state index is 5.24. The first-order valence-corrected chi connectivity index (χ1v) is 5.90. The molecule has 2 rings (SSSR count). The Bertz CT molecular complexity index is 350. The second-order valence-electron chi connectivity index (χ2n) is 4.39. The topological polar surface area (TPSA) is 52.0 Å². The molecule has 0 bridgehead atoms. The second kappa shape index (κ2) is 4.93. The number of ether oxygens (including phenoxy) is 1. The summed E-state index contributed by atoms with van der Waals surface area (Å²) in [6.45, 7) is 6.18. The van der Waals surface area contributed by atoms with Crippen LogP contribution >= 0.6 is 0 Å². The van der Waals surface area contributed by atoms with Gasteiger partial charge in [-0.25, -0.2) is 0 Å². The molecule has 0 spiro atoms. The molecule has 2 unspecified atom stereocenters. The number of aryl methyl sites for hydroxylation is 1. The Morgan fingerprint density at radius 2 is 2.38 bits per heavy atom. The number of fused-ring (bicyclic) bond motifs is 1. The largest absolute Gasteiger partial charge is 0.382 e. The van der Waals surface area contributed by atoms with E-state index in [9.17, 15) is 0 Å². The van der Waals surface area contributed by atoms with Crippen LogP contribution in [-0.2, 0) is 17.7 Å². The number of nitrogens with zero attached hydrogens (tertiary/aromatic N) is 3. The zero-order chi connectivity index (χ0) is 11.5. The molecule has 1 aliphatic rings. The van der Waals surface area contributed by atoms with Crippen LogP contribution in [0.25, 0.3) is 0 Å². The van der Waals surface area contributed by atoms with Crippen LogP contribution in [0.15, 0.2) is 0 Å². The average Bonchev–Trinajstić information content (AvgIpc) is 2.70. The third-order valence-corrected chi connectivity index (χ3v) is 3.21. The van der Waals surface area contributed by atoms with Gasteiger partial charge in [-0.1, -0.05) is 0 Å². The molecule has 1 N–H and O–H groups in total. The summed E-state index contributed by atoms with van der Waals surface area (Å²) >= 11 is 0. The molecule has 0 aromatic carbocycles. The van der Waals surface area contributed by atoms with Crippen molar-refractivity contribution in [2.75, 3.05) is 13.7 Å². The molecule has 1 aliphatic heterocycles. The van der Waals surface area contributed by atoms with E-state index >= 15 is 0 Å². The summed E-state index contributed by atoms with van der Waals surface area (Å²) < 4.78 is 7.48. The van der Waals surface area contributed by atoms with Crippen molar-refractivity contribution < 1.29 is 4.74 Å². The molecule has 0 radical (unpaired) electrons. The fourth-order valence-electron chi connectivity index (χ4n) is 2.03. The van der Waals surface area contributed by atoms with Gasteiger partial charge in [-0.3, -0.25) is 0 Å². The summed E-state index contributed by atoms with van der Waals surface area (Å²) in [4.78, 5) is 0. The molecule has 5 nitrogen and oxygen atoms in total. The lowest BCUT2D eigenvalue weighted by Gasteiger charge is -2.22. The van der Waals surface area contributed by atoms with Crippen LogP contribution in [0.1, 0.15) is 38.0 Å². The highest BCUT2D eigenvalue weighted by atomic mass is 16.5. The second-order valence-corrected chi connectivity index (χ2v) is 4.39. The Labute approximate surface area is 96.2 Å². The minimum absolute atomic E-state index is 0.284. The van der Waals surface area contributed by atoms with Crippen LogP contribution in [-0.4, -0.2) is 34.5 Å². The Balaban J connectivity index is 2.05. The van der Waals surface area contributed by atoms with Gasteiger partial charge in [-0.15, -0.1) is 10.2 Å². The van der Waals surface area contributed by atoms with Crippen molar-refractivity contribution >= 4 is 0 Å². The number of nitrogens with one attached hydrogen (secondary N) is 1. The van der Waals surface area contributed by atoms with Gasteiger partial charge in [0, 0.05) is 26.6 Å². The minimum atomic E-state index is 0.284. The van der Waals surface area contributed by atoms with E-state index in [1.165, 1.54) is 0 Å². The van der Waals surface area contributed by atoms with E-state index in [4.69, 9.17) is 4.74 Å². The quantitative estimate of drug-likeness (QED) is 0.826. The van der Waals surface area contributed by atoms with Crippen molar-refractivity contribution in [3.63, 3.8) is 0 Å². The van der Waals surface area contributed by atoms with E-state index in [2.05, 4.69) is 33.9 Å². The van der Waals surface area contributed by atoms with Crippen LogP contribution in [0, 0.1) is 0 Å². The lowest BCUT2D eigenvalue weighted by atomic mass is 10.2. The normalized spacial score (nSPS) is 21.8. The van der Waals surface area contributed by atoms with Gasteiger partial charge in [0.05, 0.1) is 12.1 Å². The van der Waals surface area contributed by atoms with Crippen LogP contribution in [0.4, 0.5) is 0 Å². The van der Waals surface area contributed by atoms with Crippen LogP contribution in [0.2, 0.25) is 0 Å². The molecule has 16 heavy (non-hydrogen) atoms. The van der Waals surface area contributed by atoms with Crippen molar-refractivity contribution in [1.29, 1.82) is 0 Å². The Hall–Kier alpha value is -0.940. The van der Waals surface area contributed by atoms with Gasteiger partial charge in [0.25, 0.3) is 0 Å². The van der Waals surface area contributed by atoms with Crippen molar-refractivity contribution in [3.8, 4) is 0 Å². The maximum absolute atomic E-state index is 5.24. The molecule has 1 aromatic heterocycles. The Kier molecular flexibility index (Phi) is 3.56. The Morgan fingerprint density at radius 3 is 3.12 bits per heavy atom. The van der Waals surface area contributed by atoms with Gasteiger partial charge in [-0.05, 0) is 20.3 Å². The number of hydrogen-bond acceptors (Lipinski definition) is 4. The molecule has 0 amide bonds. The van der Waals surface area contributed by atoms with Crippen molar-refractivity contribution in [3.05, 3.63) is 11.6 Å². The first-order valence-electron chi connectivity index (χ1n) is 5.90. The molecule has 90 valence electrons. The van der Waals surface area contributed by atoms with E-state index in [1.807, 2.05) is 0 Å². The average molecular weight is 224 g/mol. The smallest absolute Gasteiger partial charge is 0.149 e. The van der Waals surface area contributed by atoms with Gasteiger partial charge in [0.15, 0.2) is 0 Å². The van der Waals surface area contributed by atoms with Crippen LogP contribution < -0.4 is 5.32 Å². The van der Waals surface area contributed by atoms with Crippen molar-refractivity contribution in [2.24, 2.45) is 0 Å². The van der Waals surface area contributed by atoms with Crippen molar-refractivity contribution in [1.82, 2.24) is 20.1 Å². The fraction of sp³-hybridized carbons (Fsp3) is 0.818. The zero-order valence-electron chi connectivity index (χ0n) is 10.2. The Morgan fingerprint density at radius 1 is 1.56 bits per heavy atom. The van der Waals surface area contributed by atoms with Gasteiger partial charge in [0.2, 0.25) is 0 Å². The highest BCUT2D eigenvalue weighted by Crippen LogP contribution is 2.16. The van der Waals surface area contributed by atoms with E-state index in [0.29, 0.717) is 6.04 Å². The number of hydrogen-bond donors (Lipinski definition) is 1. The van der Waals surface area contributed by atoms with E-state index in [-0.39, 0.29) is 6.10 Å². The highest BCUT2D eigenvalue weighted by Gasteiger charge is 2.21. The first kappa shape index (κ1) is 11.5. The summed E-state index contributed by atoms with van der Waals surface area (Å²) in [5.74, 6) is 2.15. The summed E-state index contributed by atoms with van der Waals surface area (Å²) in [5.41, 5.74) is 0. The number of rotatable bonds is 4. The van der Waals surface area contributed by atoms with E-state index in [1.54, 1.807) is 7.11 Å². The summed E-state index contributed by atoms with van der Waals surface area (Å²) in [7, 11) is 1.75. The third kappa shape index (κ3) is 2.25. The van der Waals surface area contributed by atoms with Crippen molar-refractivity contribution in [2.45, 2.75) is 45.4 Å². The van der Waals surface area contributed by atoms with Gasteiger partial charge in [0.1, 0.15) is 11.6 Å². The van der Waals surface area contributed by atoms with Crippen LogP contribution in [0.5, 0.6) is 0 Å². The number of methoxy groups -OCH3 is 1. The van der Waals surface area contributed by atoms with E-state index < -0.39 is 0 Å². The molecule has 2 atom stereocenters. The molecule has 0 saturated heterocycles. The molecule has 0 saturated carbocycles. The minimum Gasteiger partial charge on any atom is -0.382 e. The predicted molar refractivity (Wildman–Crippen MR) is 61.2 cm³/mol. The monoisotopic (exact) mass is 224 g/mol. The number of aromatic nitrogens is 3. The molecular weight excluding hydrogens is 204 g/mol. The SMILES string of the molecule is COC(C)CCc1nnc2n1CCNC2C. The van der Waals surface area contributed by atoms with Crippen LogP contribution in [0.3, 0.4) is 0 Å². The summed E-state index contributed by atoms with van der Waals surface area (Å²) in [5, 5.41) is 11.9. The van der Waals surface area contributed by atoms with E-state index in [0.717, 1.165) is 37.6 Å². The fourth-order valence-corrected chi connectivity index (χ4v) is 2.03. The van der Waals surface area contributed by atoms with Gasteiger partial charge in [-0.2, -0.15) is 0 Å². The summed E-state index contributed by atoms with van der Waals surface area (Å²) in [6.07, 6.45) is 2.22. The molecule has 5 heteroatoms. The van der Waals surface area contributed by atoms with Gasteiger partial charge < -0.3 is 14.6 Å². The molecule has 1 aromatic rings. The lowest BCUT2D eigenvalue weighted by molar-refractivity contribution is 0.110. The molecular formula is C11H20N4O. The highest BCUT2D eigenvalue weighted by molar-refractivity contribution is 5.03. The first-order chi connectivity index (χ1) is 7.72.